The van der Waals surface area contributed by atoms with Gasteiger partial charge in [0.1, 0.15) is 6.61 Å². The third kappa shape index (κ3) is 9.48. The topological polar surface area (TPSA) is 35.2 Å². The Hall–Kier alpha value is -0.520. The molecule has 0 saturated carbocycles. The van der Waals surface area contributed by atoms with E-state index in [-0.39, 0.29) is 0 Å². The van der Waals surface area contributed by atoms with E-state index in [9.17, 15) is 0 Å². The molecule has 0 aliphatic carbocycles. The Morgan fingerprint density at radius 2 is 2.08 bits per heavy atom. The van der Waals surface area contributed by atoms with Gasteiger partial charge in [0.15, 0.2) is 0 Å². The summed E-state index contributed by atoms with van der Waals surface area (Å²) in [5, 5.41) is 0. The van der Waals surface area contributed by atoms with Crippen LogP contribution in [0.3, 0.4) is 0 Å². The highest BCUT2D eigenvalue weighted by Gasteiger charge is 1.85. The number of nitrogens with two attached hydrogens (primary N) is 1. The minimum atomic E-state index is 0.442. The molecule has 0 spiro atoms. The molecule has 70 valence electrons. The van der Waals surface area contributed by atoms with Crippen LogP contribution < -0.4 is 5.73 Å². The van der Waals surface area contributed by atoms with E-state index >= 15 is 0 Å². The zero-order chi connectivity index (χ0) is 9.23. The average molecular weight is 169 g/mol. The zero-order valence-corrected chi connectivity index (χ0v) is 8.10. The molecule has 2 nitrogen and oxygen atoms in total. The molecule has 2 heteroatoms. The first-order chi connectivity index (χ1) is 5.77. The maximum Gasteiger partial charge on any atom is 0.107 e. The molecule has 0 atom stereocenters. The summed E-state index contributed by atoms with van der Waals surface area (Å²) in [6.45, 7) is 6.23. The minimum Gasteiger partial charge on any atom is -0.369 e. The Morgan fingerprint density at radius 1 is 1.33 bits per heavy atom. The second-order valence-corrected chi connectivity index (χ2v) is 3.02. The van der Waals surface area contributed by atoms with E-state index in [1.54, 1.807) is 0 Å². The van der Waals surface area contributed by atoms with E-state index in [2.05, 4.69) is 25.7 Å². The van der Waals surface area contributed by atoms with Crippen molar-refractivity contribution in [3.63, 3.8) is 0 Å². The van der Waals surface area contributed by atoms with Crippen LogP contribution in [0.25, 0.3) is 0 Å². The summed E-state index contributed by atoms with van der Waals surface area (Å²) in [5.74, 6) is 6.44. The fourth-order valence-corrected chi connectivity index (χ4v) is 0.717. The quantitative estimate of drug-likeness (QED) is 0.499. The molecule has 0 rings (SSSR count). The smallest absolute Gasteiger partial charge is 0.107 e. The van der Waals surface area contributed by atoms with Gasteiger partial charge in [-0.3, -0.25) is 0 Å². The van der Waals surface area contributed by atoms with E-state index in [1.807, 2.05) is 0 Å². The molecule has 0 amide bonds. The zero-order valence-electron chi connectivity index (χ0n) is 8.10. The van der Waals surface area contributed by atoms with Crippen molar-refractivity contribution < 1.29 is 4.74 Å². The van der Waals surface area contributed by atoms with Crippen molar-refractivity contribution in [3.8, 4) is 11.8 Å². The van der Waals surface area contributed by atoms with Gasteiger partial charge in [-0.05, 0) is 19.4 Å². The number of rotatable bonds is 5. The fourth-order valence-electron chi connectivity index (χ4n) is 0.717. The van der Waals surface area contributed by atoms with Gasteiger partial charge in [-0.15, -0.1) is 0 Å². The predicted molar refractivity (Wildman–Crippen MR) is 51.7 cm³/mol. The van der Waals surface area contributed by atoms with E-state index in [4.69, 9.17) is 10.5 Å². The van der Waals surface area contributed by atoms with Crippen molar-refractivity contribution in [2.75, 3.05) is 19.8 Å². The lowest BCUT2D eigenvalue weighted by molar-refractivity contribution is 0.163. The van der Waals surface area contributed by atoms with Crippen molar-refractivity contribution >= 4 is 0 Å². The van der Waals surface area contributed by atoms with Gasteiger partial charge in [-0.2, -0.15) is 0 Å². The fraction of sp³-hybridized carbons (Fsp3) is 0.800. The Labute approximate surface area is 75.5 Å². The van der Waals surface area contributed by atoms with E-state index in [0.29, 0.717) is 12.5 Å². The van der Waals surface area contributed by atoms with Crippen LogP contribution in [0, 0.1) is 17.8 Å². The first kappa shape index (κ1) is 11.5. The van der Waals surface area contributed by atoms with Gasteiger partial charge in [0, 0.05) is 12.5 Å². The summed E-state index contributed by atoms with van der Waals surface area (Å²) in [6.07, 6.45) is 2.08. The Kier molecular flexibility index (Phi) is 8.20. The highest BCUT2D eigenvalue weighted by atomic mass is 16.5. The number of hydrogen-bond acceptors (Lipinski definition) is 2. The van der Waals surface area contributed by atoms with E-state index < -0.39 is 0 Å². The van der Waals surface area contributed by atoms with Crippen LogP contribution in [-0.4, -0.2) is 19.8 Å². The minimum absolute atomic E-state index is 0.442. The van der Waals surface area contributed by atoms with Crippen LogP contribution >= 0.6 is 0 Å². The summed E-state index contributed by atoms with van der Waals surface area (Å²) >= 11 is 0. The summed E-state index contributed by atoms with van der Waals surface area (Å²) in [7, 11) is 0. The molecule has 0 unspecified atom stereocenters. The number of unbranched alkanes of at least 4 members (excludes halogenated alkanes) is 1. The SMILES string of the molecule is CC(C)C#CCOCCCCN. The van der Waals surface area contributed by atoms with Gasteiger partial charge in [-0.25, -0.2) is 0 Å². The van der Waals surface area contributed by atoms with Crippen molar-refractivity contribution in [3.05, 3.63) is 0 Å². The molecule has 12 heavy (non-hydrogen) atoms. The summed E-state index contributed by atoms with van der Waals surface area (Å²) in [5.41, 5.74) is 5.33. The average Bonchev–Trinajstić information content (AvgIpc) is 2.02. The third-order valence-electron chi connectivity index (χ3n) is 1.31. The molecule has 0 heterocycles. The summed E-state index contributed by atoms with van der Waals surface area (Å²) in [6, 6.07) is 0. The van der Waals surface area contributed by atoms with E-state index in [1.165, 1.54) is 0 Å². The van der Waals surface area contributed by atoms with Gasteiger partial charge >= 0.3 is 0 Å². The van der Waals surface area contributed by atoms with Crippen molar-refractivity contribution in [2.24, 2.45) is 11.7 Å². The van der Waals surface area contributed by atoms with Crippen LogP contribution in [0.15, 0.2) is 0 Å². The highest BCUT2D eigenvalue weighted by Crippen LogP contribution is 1.88. The van der Waals surface area contributed by atoms with Crippen LogP contribution in [0.5, 0.6) is 0 Å². The van der Waals surface area contributed by atoms with Crippen molar-refractivity contribution in [1.29, 1.82) is 0 Å². The molecular weight excluding hydrogens is 150 g/mol. The predicted octanol–water partition coefficient (Wildman–Crippen LogP) is 1.40. The molecule has 0 radical (unpaired) electrons. The van der Waals surface area contributed by atoms with Gasteiger partial charge in [-0.1, -0.05) is 25.7 Å². The van der Waals surface area contributed by atoms with Gasteiger partial charge in [0.25, 0.3) is 0 Å². The highest BCUT2D eigenvalue weighted by molar-refractivity contribution is 5.01. The lowest BCUT2D eigenvalue weighted by Crippen LogP contribution is -2.01. The number of hydrogen-bond donors (Lipinski definition) is 1. The molecule has 0 bridgehead atoms. The Morgan fingerprint density at radius 3 is 2.67 bits per heavy atom. The first-order valence-electron chi connectivity index (χ1n) is 4.53. The van der Waals surface area contributed by atoms with Crippen molar-refractivity contribution in [2.45, 2.75) is 26.7 Å². The van der Waals surface area contributed by atoms with Gasteiger partial charge in [0.2, 0.25) is 0 Å². The van der Waals surface area contributed by atoms with Crippen LogP contribution in [0.1, 0.15) is 26.7 Å². The second-order valence-electron chi connectivity index (χ2n) is 3.02. The molecule has 0 aromatic carbocycles. The molecule has 0 aromatic rings. The third-order valence-corrected chi connectivity index (χ3v) is 1.31. The molecule has 0 aliphatic rings. The normalized spacial score (nSPS) is 9.67. The lowest BCUT2D eigenvalue weighted by atomic mass is 10.2. The van der Waals surface area contributed by atoms with Crippen LogP contribution in [0.4, 0.5) is 0 Å². The monoisotopic (exact) mass is 169 g/mol. The molecule has 0 aromatic heterocycles. The molecule has 0 fully saturated rings. The maximum atomic E-state index is 5.33. The van der Waals surface area contributed by atoms with Crippen LogP contribution in [0.2, 0.25) is 0 Å². The summed E-state index contributed by atoms with van der Waals surface area (Å²) < 4.78 is 5.26. The largest absolute Gasteiger partial charge is 0.369 e. The first-order valence-corrected chi connectivity index (χ1v) is 4.53. The summed E-state index contributed by atoms with van der Waals surface area (Å²) in [4.78, 5) is 0. The van der Waals surface area contributed by atoms with Crippen LogP contribution in [-0.2, 0) is 4.74 Å². The molecule has 2 N–H and O–H groups in total. The number of ether oxygens (including phenoxy) is 1. The van der Waals surface area contributed by atoms with E-state index in [0.717, 1.165) is 26.0 Å². The van der Waals surface area contributed by atoms with Crippen molar-refractivity contribution in [1.82, 2.24) is 0 Å². The molecule has 0 saturated heterocycles. The van der Waals surface area contributed by atoms with Gasteiger partial charge in [0.05, 0.1) is 0 Å². The Bertz CT molecular complexity index is 144. The lowest BCUT2D eigenvalue weighted by Gasteiger charge is -1.97. The Balaban J connectivity index is 3.07. The maximum absolute atomic E-state index is 5.33. The standard InChI is InChI=1S/C10H19NO/c1-10(2)6-5-9-12-8-4-3-7-11/h10H,3-4,7-9,11H2,1-2H3. The van der Waals surface area contributed by atoms with Gasteiger partial charge < -0.3 is 10.5 Å². The molecular formula is C10H19NO. The second kappa shape index (κ2) is 8.58. The molecule has 0 aliphatic heterocycles.